The van der Waals surface area contributed by atoms with Crippen LogP contribution >= 0.6 is 11.3 Å². The highest BCUT2D eigenvalue weighted by Crippen LogP contribution is 2.26. The van der Waals surface area contributed by atoms with Crippen LogP contribution in [0.3, 0.4) is 0 Å². The van der Waals surface area contributed by atoms with Crippen molar-refractivity contribution in [2.45, 2.75) is 33.1 Å². The van der Waals surface area contributed by atoms with Crippen LogP contribution in [0.15, 0.2) is 41.1 Å². The number of nitrogens with zero attached hydrogens (tertiary/aromatic N) is 2. The lowest BCUT2D eigenvalue weighted by Crippen LogP contribution is -2.09. The molecule has 0 spiro atoms. The van der Waals surface area contributed by atoms with Gasteiger partial charge < -0.3 is 9.73 Å². The van der Waals surface area contributed by atoms with Crippen molar-refractivity contribution in [2.75, 3.05) is 5.32 Å². The first kappa shape index (κ1) is 16.5. The second kappa shape index (κ2) is 6.61. The number of aromatic nitrogens is 2. The average Bonchev–Trinajstić information content (AvgIpc) is 3.16. The molecule has 2 heterocycles. The van der Waals surface area contributed by atoms with Crippen molar-refractivity contribution in [1.82, 2.24) is 9.97 Å². The molecule has 0 atom stereocenters. The number of anilines is 2. The van der Waals surface area contributed by atoms with Gasteiger partial charge in [-0.15, -0.1) is 0 Å². The van der Waals surface area contributed by atoms with Crippen molar-refractivity contribution in [3.8, 4) is 0 Å². The molecule has 0 aliphatic rings. The van der Waals surface area contributed by atoms with E-state index in [1.807, 2.05) is 36.5 Å². The van der Waals surface area contributed by atoms with Gasteiger partial charge in [-0.1, -0.05) is 50.3 Å². The molecule has 0 unspecified atom stereocenters. The number of hydrogen-bond donors (Lipinski definition) is 1. The van der Waals surface area contributed by atoms with E-state index in [4.69, 9.17) is 4.42 Å². The number of thiazole rings is 1. The second-order valence-corrected chi connectivity index (χ2v) is 7.72. The van der Waals surface area contributed by atoms with Crippen molar-refractivity contribution in [3.63, 3.8) is 0 Å². The fourth-order valence-electron chi connectivity index (χ4n) is 2.11. The molecule has 2 aromatic heterocycles. The first-order valence-corrected chi connectivity index (χ1v) is 8.66. The Morgan fingerprint density at radius 1 is 1.08 bits per heavy atom. The highest BCUT2D eigenvalue weighted by molar-refractivity contribution is 7.16. The molecule has 0 amide bonds. The van der Waals surface area contributed by atoms with E-state index in [1.54, 1.807) is 17.5 Å². The molecule has 0 saturated heterocycles. The molecule has 0 bridgehead atoms. The summed E-state index contributed by atoms with van der Waals surface area (Å²) in [5, 5.41) is 4.22. The lowest BCUT2D eigenvalue weighted by molar-refractivity contribution is 0.403. The van der Waals surface area contributed by atoms with E-state index in [-0.39, 0.29) is 5.41 Å². The molecule has 0 saturated carbocycles. The van der Waals surface area contributed by atoms with Crippen molar-refractivity contribution in [3.05, 3.63) is 58.8 Å². The smallest absolute Gasteiger partial charge is 0.218 e. The standard InChI is InChI=1S/C19H21N3OS/c1-13-7-5-6-8-15(13)22-18-21-11-14(24-18)9-10-17-20-12-16(23-17)19(2,3)4/h5-12H,1-4H3,(H,21,22). The van der Waals surface area contributed by atoms with Gasteiger partial charge in [-0.05, 0) is 24.6 Å². The zero-order valence-corrected chi connectivity index (χ0v) is 15.1. The van der Waals surface area contributed by atoms with Crippen molar-refractivity contribution in [1.29, 1.82) is 0 Å². The van der Waals surface area contributed by atoms with E-state index in [0.717, 1.165) is 21.5 Å². The number of hydrogen-bond acceptors (Lipinski definition) is 5. The van der Waals surface area contributed by atoms with Gasteiger partial charge in [0.25, 0.3) is 0 Å². The normalized spacial score (nSPS) is 12.0. The van der Waals surface area contributed by atoms with Crippen molar-refractivity contribution >= 4 is 34.3 Å². The number of benzene rings is 1. The van der Waals surface area contributed by atoms with Gasteiger partial charge in [-0.25, -0.2) is 9.97 Å². The lowest BCUT2D eigenvalue weighted by Gasteiger charge is -2.12. The predicted octanol–water partition coefficient (Wildman–Crippen LogP) is 5.65. The van der Waals surface area contributed by atoms with Gasteiger partial charge in [-0.2, -0.15) is 0 Å². The molecular formula is C19H21N3OS. The molecule has 0 radical (unpaired) electrons. The Morgan fingerprint density at radius 3 is 2.58 bits per heavy atom. The van der Waals surface area contributed by atoms with Crippen LogP contribution in [0.1, 0.15) is 42.9 Å². The Hall–Kier alpha value is -2.40. The van der Waals surface area contributed by atoms with Gasteiger partial charge in [0.05, 0.1) is 6.20 Å². The van der Waals surface area contributed by atoms with E-state index >= 15 is 0 Å². The van der Waals surface area contributed by atoms with Crippen LogP contribution in [0.25, 0.3) is 12.2 Å². The zero-order valence-electron chi connectivity index (χ0n) is 14.3. The summed E-state index contributed by atoms with van der Waals surface area (Å²) >= 11 is 1.59. The molecule has 24 heavy (non-hydrogen) atoms. The maximum absolute atomic E-state index is 5.76. The zero-order chi connectivity index (χ0) is 17.2. The van der Waals surface area contributed by atoms with Gasteiger partial charge >= 0.3 is 0 Å². The quantitative estimate of drug-likeness (QED) is 0.667. The van der Waals surface area contributed by atoms with Crippen LogP contribution in [0.5, 0.6) is 0 Å². The highest BCUT2D eigenvalue weighted by Gasteiger charge is 2.18. The van der Waals surface area contributed by atoms with Gasteiger partial charge in [0.1, 0.15) is 5.76 Å². The Morgan fingerprint density at radius 2 is 1.88 bits per heavy atom. The third kappa shape index (κ3) is 3.92. The number of para-hydroxylation sites is 1. The molecule has 0 aliphatic carbocycles. The first-order chi connectivity index (χ1) is 11.4. The monoisotopic (exact) mass is 339 g/mol. The Kier molecular flexibility index (Phi) is 4.53. The minimum Gasteiger partial charge on any atom is -0.441 e. The van der Waals surface area contributed by atoms with Crippen molar-refractivity contribution in [2.24, 2.45) is 0 Å². The summed E-state index contributed by atoms with van der Waals surface area (Å²) in [4.78, 5) is 9.76. The molecular weight excluding hydrogens is 318 g/mol. The largest absolute Gasteiger partial charge is 0.441 e. The summed E-state index contributed by atoms with van der Waals surface area (Å²) in [6.07, 6.45) is 7.48. The van der Waals surface area contributed by atoms with E-state index in [0.29, 0.717) is 5.89 Å². The number of nitrogens with one attached hydrogen (secondary N) is 1. The van der Waals surface area contributed by atoms with Crippen LogP contribution in [0.4, 0.5) is 10.8 Å². The topological polar surface area (TPSA) is 51.0 Å². The van der Waals surface area contributed by atoms with Gasteiger partial charge in [0, 0.05) is 28.3 Å². The first-order valence-electron chi connectivity index (χ1n) is 7.85. The molecule has 124 valence electrons. The van der Waals surface area contributed by atoms with Crippen molar-refractivity contribution < 1.29 is 4.42 Å². The average molecular weight is 339 g/mol. The fourth-order valence-corrected chi connectivity index (χ4v) is 2.85. The summed E-state index contributed by atoms with van der Waals surface area (Å²) in [7, 11) is 0. The Balaban J connectivity index is 1.70. The number of aryl methyl sites for hydroxylation is 1. The van der Waals surface area contributed by atoms with Crippen LogP contribution < -0.4 is 5.32 Å². The lowest BCUT2D eigenvalue weighted by atomic mass is 9.94. The van der Waals surface area contributed by atoms with E-state index in [9.17, 15) is 0 Å². The van der Waals surface area contributed by atoms with E-state index < -0.39 is 0 Å². The number of oxazole rings is 1. The van der Waals surface area contributed by atoms with E-state index in [2.05, 4.69) is 49.0 Å². The van der Waals surface area contributed by atoms with Gasteiger partial charge in [0.15, 0.2) is 5.13 Å². The predicted molar refractivity (Wildman–Crippen MR) is 101 cm³/mol. The highest BCUT2D eigenvalue weighted by atomic mass is 32.1. The van der Waals surface area contributed by atoms with Crippen LogP contribution in [0.2, 0.25) is 0 Å². The minimum atomic E-state index is -0.0335. The third-order valence-corrected chi connectivity index (χ3v) is 4.44. The SMILES string of the molecule is Cc1ccccc1Nc1ncc(C=Cc2ncc(C(C)(C)C)o2)s1. The maximum Gasteiger partial charge on any atom is 0.218 e. The maximum atomic E-state index is 5.76. The summed E-state index contributed by atoms with van der Waals surface area (Å²) in [6.45, 7) is 8.39. The Labute approximate surface area is 146 Å². The van der Waals surface area contributed by atoms with Crippen LogP contribution in [0, 0.1) is 6.92 Å². The minimum absolute atomic E-state index is 0.0335. The number of rotatable bonds is 4. The fraction of sp³-hybridized carbons (Fsp3) is 0.263. The summed E-state index contributed by atoms with van der Waals surface area (Å²) in [5.41, 5.74) is 2.23. The van der Waals surface area contributed by atoms with Gasteiger partial charge in [0.2, 0.25) is 5.89 Å². The third-order valence-electron chi connectivity index (χ3n) is 3.56. The summed E-state index contributed by atoms with van der Waals surface area (Å²) in [5.74, 6) is 1.50. The van der Waals surface area contributed by atoms with E-state index in [1.165, 1.54) is 5.56 Å². The van der Waals surface area contributed by atoms with Crippen LogP contribution in [-0.4, -0.2) is 9.97 Å². The molecule has 1 aromatic carbocycles. The molecule has 3 aromatic rings. The van der Waals surface area contributed by atoms with Gasteiger partial charge in [-0.3, -0.25) is 0 Å². The van der Waals surface area contributed by atoms with Crippen LogP contribution in [-0.2, 0) is 5.41 Å². The Bertz CT molecular complexity index is 855. The molecule has 0 aliphatic heterocycles. The molecule has 3 rings (SSSR count). The summed E-state index contributed by atoms with van der Waals surface area (Å²) < 4.78 is 5.76. The molecule has 0 fully saturated rings. The molecule has 4 nitrogen and oxygen atoms in total. The second-order valence-electron chi connectivity index (χ2n) is 6.65. The molecule has 1 N–H and O–H groups in total. The molecule has 5 heteroatoms. The summed E-state index contributed by atoms with van der Waals surface area (Å²) in [6, 6.07) is 8.16.